The lowest BCUT2D eigenvalue weighted by Gasteiger charge is -1.99. The van der Waals surface area contributed by atoms with Gasteiger partial charge in [-0.05, 0) is 18.2 Å². The molecule has 0 aliphatic rings. The highest BCUT2D eigenvalue weighted by atomic mass is 32.2. The van der Waals surface area contributed by atoms with Crippen molar-refractivity contribution >= 4 is 9.84 Å². The smallest absolute Gasteiger partial charge is 0.208 e. The fourth-order valence-electron chi connectivity index (χ4n) is 1.16. The van der Waals surface area contributed by atoms with Crippen molar-refractivity contribution in [1.82, 2.24) is 4.98 Å². The first-order valence-electron chi connectivity index (χ1n) is 4.06. The van der Waals surface area contributed by atoms with E-state index in [1.54, 1.807) is 30.3 Å². The Hall–Kier alpha value is -1.55. The zero-order chi connectivity index (χ0) is 10.0. The normalized spacial score (nSPS) is 11.4. The fourth-order valence-corrected chi connectivity index (χ4v) is 2.37. The summed E-state index contributed by atoms with van der Waals surface area (Å²) in [5.74, 6) is 0. The van der Waals surface area contributed by atoms with Crippen molar-refractivity contribution in [2.45, 2.75) is 9.79 Å². The second-order valence-electron chi connectivity index (χ2n) is 2.78. The predicted octanol–water partition coefficient (Wildman–Crippen LogP) is 1.65. The minimum atomic E-state index is -3.38. The maximum absolute atomic E-state index is 11.8. The maximum atomic E-state index is 11.8. The van der Waals surface area contributed by atoms with Crippen LogP contribution in [0.25, 0.3) is 0 Å². The van der Waals surface area contributed by atoms with E-state index < -0.39 is 9.84 Å². The van der Waals surface area contributed by atoms with Gasteiger partial charge in [0, 0.05) is 6.20 Å². The molecule has 0 unspecified atom stereocenters. The second-order valence-corrected chi connectivity index (χ2v) is 4.70. The number of hydrogen-bond acceptors (Lipinski definition) is 2. The molecule has 1 radical (unpaired) electrons. The molecular weight excluding hydrogens is 198 g/mol. The lowest BCUT2D eigenvalue weighted by molar-refractivity contribution is 0.596. The van der Waals surface area contributed by atoms with E-state index in [0.717, 1.165) is 0 Å². The molecular formula is C10H8NO2S. The number of nitrogens with one attached hydrogen (secondary N) is 1. The van der Waals surface area contributed by atoms with Crippen molar-refractivity contribution in [3.05, 3.63) is 48.8 Å². The number of H-pyrrole nitrogens is 1. The van der Waals surface area contributed by atoms with Gasteiger partial charge in [0.25, 0.3) is 0 Å². The summed E-state index contributed by atoms with van der Waals surface area (Å²) in [5.41, 5.74) is 0. The fraction of sp³-hybridized carbons (Fsp3) is 0. The van der Waals surface area contributed by atoms with Crippen LogP contribution >= 0.6 is 0 Å². The molecule has 1 N–H and O–H groups in total. The predicted molar refractivity (Wildman–Crippen MR) is 51.5 cm³/mol. The molecule has 1 heterocycles. The molecule has 1 aromatic carbocycles. The molecule has 71 valence electrons. The Balaban J connectivity index is 2.55. The van der Waals surface area contributed by atoms with Crippen LogP contribution < -0.4 is 0 Å². The summed E-state index contributed by atoms with van der Waals surface area (Å²) in [6.07, 6.45) is 4.10. The monoisotopic (exact) mass is 206 g/mol. The number of aromatic amines is 1. The van der Waals surface area contributed by atoms with Crippen molar-refractivity contribution in [1.29, 1.82) is 0 Å². The van der Waals surface area contributed by atoms with Crippen LogP contribution in [-0.4, -0.2) is 13.4 Å². The third-order valence-corrected chi connectivity index (χ3v) is 3.57. The number of rotatable bonds is 2. The Morgan fingerprint density at radius 1 is 1.07 bits per heavy atom. The molecule has 0 fully saturated rings. The van der Waals surface area contributed by atoms with Crippen LogP contribution in [-0.2, 0) is 9.84 Å². The highest BCUT2D eigenvalue weighted by Gasteiger charge is 2.17. The Morgan fingerprint density at radius 2 is 1.79 bits per heavy atom. The maximum Gasteiger partial charge on any atom is 0.208 e. The van der Waals surface area contributed by atoms with Gasteiger partial charge in [-0.3, -0.25) is 0 Å². The van der Waals surface area contributed by atoms with Gasteiger partial charge in [0.15, 0.2) is 0 Å². The molecule has 0 spiro atoms. The van der Waals surface area contributed by atoms with Gasteiger partial charge >= 0.3 is 0 Å². The summed E-state index contributed by atoms with van der Waals surface area (Å²) in [4.78, 5) is 3.06. The third-order valence-electron chi connectivity index (χ3n) is 1.86. The molecule has 0 aliphatic carbocycles. The summed E-state index contributed by atoms with van der Waals surface area (Å²) >= 11 is 0. The summed E-state index contributed by atoms with van der Waals surface area (Å²) in [6.45, 7) is 0. The van der Waals surface area contributed by atoms with Gasteiger partial charge in [0.1, 0.15) is 0 Å². The summed E-state index contributed by atoms with van der Waals surface area (Å²) in [5, 5.41) is 0. The van der Waals surface area contributed by atoms with Crippen molar-refractivity contribution in [3.63, 3.8) is 0 Å². The van der Waals surface area contributed by atoms with Crippen molar-refractivity contribution < 1.29 is 8.42 Å². The molecule has 2 aromatic rings. The molecule has 0 atom stereocenters. The first-order chi connectivity index (χ1) is 6.71. The minimum absolute atomic E-state index is 0.170. The first-order valence-corrected chi connectivity index (χ1v) is 5.55. The van der Waals surface area contributed by atoms with E-state index in [1.165, 1.54) is 12.3 Å². The van der Waals surface area contributed by atoms with Gasteiger partial charge in [-0.1, -0.05) is 18.2 Å². The van der Waals surface area contributed by atoms with Crippen molar-refractivity contribution in [2.75, 3.05) is 0 Å². The van der Waals surface area contributed by atoms with Gasteiger partial charge < -0.3 is 4.98 Å². The van der Waals surface area contributed by atoms with Crippen LogP contribution in [0.5, 0.6) is 0 Å². The zero-order valence-electron chi connectivity index (χ0n) is 7.27. The van der Waals surface area contributed by atoms with Crippen LogP contribution in [0.2, 0.25) is 0 Å². The Morgan fingerprint density at radius 3 is 2.36 bits per heavy atom. The number of benzene rings is 1. The standard InChI is InChI=1S/C10H8NO2S/c12-14(13,10-6-7-11-8-10)9-4-2-1-3-5-9/h1-7,11H. The molecule has 14 heavy (non-hydrogen) atoms. The average Bonchev–Trinajstić information content (AvgIpc) is 2.72. The van der Waals surface area contributed by atoms with Crippen LogP contribution in [0.15, 0.2) is 52.4 Å². The van der Waals surface area contributed by atoms with Crippen molar-refractivity contribution in [2.24, 2.45) is 0 Å². The zero-order valence-corrected chi connectivity index (χ0v) is 8.08. The van der Waals surface area contributed by atoms with E-state index in [-0.39, 0.29) is 9.79 Å². The molecule has 0 bridgehead atoms. The molecule has 0 aliphatic heterocycles. The quantitative estimate of drug-likeness (QED) is 0.812. The molecule has 4 heteroatoms. The molecule has 1 aromatic heterocycles. The van der Waals surface area contributed by atoms with Gasteiger partial charge in [0.05, 0.1) is 16.0 Å². The first kappa shape index (κ1) is 9.02. The number of hydrogen-bond donors (Lipinski definition) is 1. The van der Waals surface area contributed by atoms with Gasteiger partial charge in [-0.15, -0.1) is 0 Å². The highest BCUT2D eigenvalue weighted by Crippen LogP contribution is 2.18. The molecule has 3 nitrogen and oxygen atoms in total. The van der Waals surface area contributed by atoms with E-state index >= 15 is 0 Å². The van der Waals surface area contributed by atoms with Gasteiger partial charge in [-0.2, -0.15) is 0 Å². The molecule has 2 rings (SSSR count). The third kappa shape index (κ3) is 1.44. The van der Waals surface area contributed by atoms with Crippen LogP contribution in [0, 0.1) is 6.20 Å². The van der Waals surface area contributed by atoms with E-state index in [9.17, 15) is 8.42 Å². The summed E-state index contributed by atoms with van der Waals surface area (Å²) < 4.78 is 23.7. The van der Waals surface area contributed by atoms with Gasteiger partial charge in [-0.25, -0.2) is 8.42 Å². The summed E-state index contributed by atoms with van der Waals surface area (Å²) in [6, 6.07) is 9.79. The Labute approximate surface area is 82.3 Å². The average molecular weight is 206 g/mol. The molecule has 0 saturated heterocycles. The van der Waals surface area contributed by atoms with E-state index in [0.29, 0.717) is 0 Å². The van der Waals surface area contributed by atoms with Gasteiger partial charge in [0.2, 0.25) is 9.84 Å². The Bertz CT molecular complexity index is 500. The largest absolute Gasteiger partial charge is 0.359 e. The Kier molecular flexibility index (Phi) is 2.13. The number of aromatic nitrogens is 1. The minimum Gasteiger partial charge on any atom is -0.359 e. The van der Waals surface area contributed by atoms with E-state index in [2.05, 4.69) is 11.2 Å². The highest BCUT2D eigenvalue weighted by molar-refractivity contribution is 7.91. The van der Waals surface area contributed by atoms with E-state index in [1.807, 2.05) is 0 Å². The lowest BCUT2D eigenvalue weighted by atomic mass is 10.4. The van der Waals surface area contributed by atoms with Crippen molar-refractivity contribution in [3.8, 4) is 0 Å². The van der Waals surface area contributed by atoms with Crippen LogP contribution in [0.1, 0.15) is 0 Å². The van der Waals surface area contributed by atoms with E-state index in [4.69, 9.17) is 0 Å². The van der Waals surface area contributed by atoms with Crippen LogP contribution in [0.4, 0.5) is 0 Å². The SMILES string of the molecule is O=S(=O)(c1[c][nH]cc1)c1ccccc1. The molecule has 0 saturated carbocycles. The number of sulfone groups is 1. The lowest BCUT2D eigenvalue weighted by Crippen LogP contribution is -1.99. The topological polar surface area (TPSA) is 49.9 Å². The molecule has 0 amide bonds. The summed E-state index contributed by atoms with van der Waals surface area (Å²) in [7, 11) is -3.38. The second kappa shape index (κ2) is 3.31. The van der Waals surface area contributed by atoms with Crippen LogP contribution in [0.3, 0.4) is 0 Å².